The van der Waals surface area contributed by atoms with Crippen LogP contribution in [0, 0.1) is 12.7 Å². The Morgan fingerprint density at radius 3 is 2.29 bits per heavy atom. The number of carbonyl (C=O) groups excluding carboxylic acids is 1. The summed E-state index contributed by atoms with van der Waals surface area (Å²) >= 11 is 1.52. The average molecular weight is 368 g/mol. The number of benzene rings is 1. The van der Waals surface area contributed by atoms with Gasteiger partial charge in [-0.3, -0.25) is 4.79 Å². The fourth-order valence-electron chi connectivity index (χ4n) is 2.63. The molecule has 0 atom stereocenters. The molecule has 128 valence electrons. The molecule has 1 saturated heterocycles. The number of aryl methyl sites for hydroxylation is 1. The average Bonchev–Trinajstić information content (AvgIpc) is 3.01. The Morgan fingerprint density at radius 1 is 1.12 bits per heavy atom. The van der Waals surface area contributed by atoms with E-state index in [1.807, 2.05) is 18.4 Å². The molecule has 1 aromatic heterocycles. The summed E-state index contributed by atoms with van der Waals surface area (Å²) in [6.45, 7) is 3.08. The fourth-order valence-corrected chi connectivity index (χ4v) is 4.72. The van der Waals surface area contributed by atoms with Crippen LogP contribution in [0.15, 0.2) is 40.6 Å². The summed E-state index contributed by atoms with van der Waals surface area (Å²) in [4.78, 5) is 15.2. The molecular formula is C16H17FN2O3S2. The van der Waals surface area contributed by atoms with Crippen molar-refractivity contribution in [3.63, 3.8) is 0 Å². The van der Waals surface area contributed by atoms with Gasteiger partial charge in [0.25, 0.3) is 5.91 Å². The Labute approximate surface area is 144 Å². The van der Waals surface area contributed by atoms with Gasteiger partial charge in [0.05, 0.1) is 10.5 Å². The van der Waals surface area contributed by atoms with Crippen molar-refractivity contribution < 1.29 is 17.6 Å². The number of halogens is 1. The standard InChI is InChI=1S/C16H17FN2O3S2/c1-12-10-13(11-23-12)16(20)18-6-8-19(9-7-18)24(21,22)15-4-2-14(17)3-5-15/h2-5,10-11H,6-9H2,1H3. The third-order valence-corrected chi connectivity index (χ3v) is 6.73. The van der Waals surface area contributed by atoms with E-state index < -0.39 is 15.8 Å². The number of hydrogen-bond acceptors (Lipinski definition) is 4. The van der Waals surface area contributed by atoms with Crippen LogP contribution in [0.4, 0.5) is 4.39 Å². The van der Waals surface area contributed by atoms with E-state index in [9.17, 15) is 17.6 Å². The molecule has 0 unspecified atom stereocenters. The van der Waals surface area contributed by atoms with Gasteiger partial charge >= 0.3 is 0 Å². The fraction of sp³-hybridized carbons (Fsp3) is 0.312. The number of amides is 1. The molecule has 0 aliphatic carbocycles. The number of rotatable bonds is 3. The van der Waals surface area contributed by atoms with E-state index in [0.717, 1.165) is 17.0 Å². The van der Waals surface area contributed by atoms with Gasteiger partial charge in [-0.15, -0.1) is 11.3 Å². The minimum atomic E-state index is -3.66. The zero-order chi connectivity index (χ0) is 17.3. The highest BCUT2D eigenvalue weighted by atomic mass is 32.2. The smallest absolute Gasteiger partial charge is 0.254 e. The SMILES string of the molecule is Cc1cc(C(=O)N2CCN(S(=O)(=O)c3ccc(F)cc3)CC2)cs1. The summed E-state index contributed by atoms with van der Waals surface area (Å²) in [6.07, 6.45) is 0. The predicted molar refractivity (Wildman–Crippen MR) is 90.1 cm³/mol. The maximum absolute atomic E-state index is 13.0. The van der Waals surface area contributed by atoms with E-state index in [1.54, 1.807) is 4.90 Å². The third kappa shape index (κ3) is 3.35. The van der Waals surface area contributed by atoms with Crippen LogP contribution in [-0.2, 0) is 10.0 Å². The van der Waals surface area contributed by atoms with E-state index in [4.69, 9.17) is 0 Å². The van der Waals surface area contributed by atoms with Crippen LogP contribution in [0.25, 0.3) is 0 Å². The van der Waals surface area contributed by atoms with Crippen LogP contribution in [0.5, 0.6) is 0 Å². The molecule has 1 aromatic carbocycles. The van der Waals surface area contributed by atoms with E-state index >= 15 is 0 Å². The van der Waals surface area contributed by atoms with Gasteiger partial charge in [0.15, 0.2) is 0 Å². The molecule has 2 aromatic rings. The first-order valence-electron chi connectivity index (χ1n) is 7.48. The van der Waals surface area contributed by atoms with Gasteiger partial charge in [0.1, 0.15) is 5.82 Å². The lowest BCUT2D eigenvalue weighted by atomic mass is 10.2. The van der Waals surface area contributed by atoms with Gasteiger partial charge in [-0.25, -0.2) is 12.8 Å². The van der Waals surface area contributed by atoms with Crippen LogP contribution < -0.4 is 0 Å². The quantitative estimate of drug-likeness (QED) is 0.836. The van der Waals surface area contributed by atoms with Gasteiger partial charge in [0, 0.05) is 36.4 Å². The molecule has 0 bridgehead atoms. The number of thiophene rings is 1. The highest BCUT2D eigenvalue weighted by Crippen LogP contribution is 2.20. The van der Waals surface area contributed by atoms with Crippen LogP contribution in [-0.4, -0.2) is 49.7 Å². The molecule has 0 radical (unpaired) electrons. The van der Waals surface area contributed by atoms with Gasteiger partial charge in [0.2, 0.25) is 10.0 Å². The van der Waals surface area contributed by atoms with Gasteiger partial charge in [-0.1, -0.05) is 0 Å². The number of nitrogens with zero attached hydrogens (tertiary/aromatic N) is 2. The van der Waals surface area contributed by atoms with E-state index in [0.29, 0.717) is 18.7 Å². The summed E-state index contributed by atoms with van der Waals surface area (Å²) in [5, 5.41) is 1.82. The molecule has 0 saturated carbocycles. The second kappa shape index (κ2) is 6.62. The van der Waals surface area contributed by atoms with Gasteiger partial charge < -0.3 is 4.90 Å². The molecule has 2 heterocycles. The highest BCUT2D eigenvalue weighted by Gasteiger charge is 2.30. The van der Waals surface area contributed by atoms with Gasteiger partial charge in [-0.2, -0.15) is 4.31 Å². The van der Waals surface area contributed by atoms with Crippen LogP contribution in [0.2, 0.25) is 0 Å². The molecular weight excluding hydrogens is 351 g/mol. The van der Waals surface area contributed by atoms with E-state index in [1.165, 1.54) is 27.8 Å². The van der Waals surface area contributed by atoms with Crippen molar-refractivity contribution >= 4 is 27.3 Å². The summed E-state index contributed by atoms with van der Waals surface area (Å²) in [5.74, 6) is -0.548. The lowest BCUT2D eigenvalue weighted by Crippen LogP contribution is -2.50. The lowest BCUT2D eigenvalue weighted by molar-refractivity contribution is 0.0698. The normalized spacial score (nSPS) is 16.3. The molecule has 0 spiro atoms. The summed E-state index contributed by atoms with van der Waals surface area (Å²) in [6, 6.07) is 6.62. The minimum absolute atomic E-state index is 0.0668. The molecule has 0 N–H and O–H groups in total. The second-order valence-corrected chi connectivity index (χ2v) is 8.65. The lowest BCUT2D eigenvalue weighted by Gasteiger charge is -2.33. The van der Waals surface area contributed by atoms with Crippen molar-refractivity contribution in [1.82, 2.24) is 9.21 Å². The molecule has 5 nitrogen and oxygen atoms in total. The van der Waals surface area contributed by atoms with E-state index in [2.05, 4.69) is 0 Å². The van der Waals surface area contributed by atoms with Crippen molar-refractivity contribution in [2.75, 3.05) is 26.2 Å². The molecule has 24 heavy (non-hydrogen) atoms. The van der Waals surface area contributed by atoms with Gasteiger partial charge in [-0.05, 0) is 37.3 Å². The Kier molecular flexibility index (Phi) is 4.71. The van der Waals surface area contributed by atoms with Crippen LogP contribution in [0.3, 0.4) is 0 Å². The van der Waals surface area contributed by atoms with Crippen molar-refractivity contribution in [2.45, 2.75) is 11.8 Å². The number of sulfonamides is 1. The first-order valence-corrected chi connectivity index (χ1v) is 9.80. The topological polar surface area (TPSA) is 57.7 Å². The number of carbonyl (C=O) groups is 1. The molecule has 3 rings (SSSR count). The molecule has 1 aliphatic rings. The third-order valence-electron chi connectivity index (χ3n) is 3.95. The Balaban J connectivity index is 1.68. The van der Waals surface area contributed by atoms with E-state index in [-0.39, 0.29) is 23.9 Å². The minimum Gasteiger partial charge on any atom is -0.336 e. The maximum atomic E-state index is 13.0. The molecule has 1 aliphatic heterocycles. The van der Waals surface area contributed by atoms with Crippen LogP contribution in [0.1, 0.15) is 15.2 Å². The summed E-state index contributed by atoms with van der Waals surface area (Å²) in [7, 11) is -3.66. The zero-order valence-corrected chi connectivity index (χ0v) is 14.7. The summed E-state index contributed by atoms with van der Waals surface area (Å²) in [5.41, 5.74) is 0.646. The number of piperazine rings is 1. The van der Waals surface area contributed by atoms with Crippen LogP contribution >= 0.6 is 11.3 Å². The Bertz CT molecular complexity index is 838. The zero-order valence-electron chi connectivity index (χ0n) is 13.1. The Morgan fingerprint density at radius 2 is 1.75 bits per heavy atom. The highest BCUT2D eigenvalue weighted by molar-refractivity contribution is 7.89. The second-order valence-electron chi connectivity index (χ2n) is 5.60. The molecule has 1 fully saturated rings. The Hall–Kier alpha value is -1.77. The first-order chi connectivity index (χ1) is 11.4. The first kappa shape index (κ1) is 17.1. The molecule has 8 heteroatoms. The largest absolute Gasteiger partial charge is 0.336 e. The van der Waals surface area contributed by atoms with Crippen molar-refractivity contribution in [1.29, 1.82) is 0 Å². The maximum Gasteiger partial charge on any atom is 0.254 e. The van der Waals surface area contributed by atoms with Crippen molar-refractivity contribution in [2.24, 2.45) is 0 Å². The number of hydrogen-bond donors (Lipinski definition) is 0. The monoisotopic (exact) mass is 368 g/mol. The molecule has 1 amide bonds. The predicted octanol–water partition coefficient (Wildman–Crippen LogP) is 2.34. The van der Waals surface area contributed by atoms with Crippen molar-refractivity contribution in [3.05, 3.63) is 52.0 Å². The van der Waals surface area contributed by atoms with Crippen molar-refractivity contribution in [3.8, 4) is 0 Å². The summed E-state index contributed by atoms with van der Waals surface area (Å²) < 4.78 is 39.4.